The minimum atomic E-state index is -0.739. The number of hydrogen-bond donors (Lipinski definition) is 1. The van der Waals surface area contributed by atoms with Gasteiger partial charge in [0.2, 0.25) is 5.91 Å². The molecule has 3 saturated heterocycles. The normalized spacial score (nSPS) is 23.5. The largest absolute Gasteiger partial charge is 0.459 e. The molecule has 4 fully saturated rings. The van der Waals surface area contributed by atoms with Gasteiger partial charge in [0.05, 0.1) is 33.2 Å². The molecule has 0 unspecified atom stereocenters. The van der Waals surface area contributed by atoms with Crippen molar-refractivity contribution in [1.82, 2.24) is 19.8 Å². The first-order valence-electron chi connectivity index (χ1n) is 16.9. The first-order valence-corrected chi connectivity index (χ1v) is 18.1. The van der Waals surface area contributed by atoms with E-state index in [0.29, 0.717) is 43.8 Å². The highest BCUT2D eigenvalue weighted by molar-refractivity contribution is 7.23. The molecule has 1 amide bonds. The number of nitrogens with two attached hydrogens (primary N) is 1. The summed E-state index contributed by atoms with van der Waals surface area (Å²) in [5.41, 5.74) is 6.22. The van der Waals surface area contributed by atoms with E-state index in [0.717, 1.165) is 43.6 Å². The van der Waals surface area contributed by atoms with Gasteiger partial charge in [-0.25, -0.2) is 8.78 Å². The molecule has 3 aliphatic heterocycles. The van der Waals surface area contributed by atoms with Gasteiger partial charge in [0.1, 0.15) is 34.3 Å². The van der Waals surface area contributed by atoms with Gasteiger partial charge in [-0.05, 0) is 70.3 Å². The number of rotatable bonds is 6. The van der Waals surface area contributed by atoms with Crippen molar-refractivity contribution in [2.24, 2.45) is 17.3 Å². The van der Waals surface area contributed by atoms with Crippen LogP contribution in [0.25, 0.3) is 32.1 Å². The van der Waals surface area contributed by atoms with Crippen molar-refractivity contribution in [2.45, 2.75) is 51.2 Å². The standard InChI is InChI=1S/C36H35ClF2N8O2S/c1-18(26-5-3-9-45(26)2)49-35-43-30-22(12-24(37)28(29(30)39)20-6-7-25(38)31-27(20)23(14-41)32(42)50-31)33(44-35)46-10-4-8-36(15-46)16-47(17-36)34(48)21-11-19(21)13-40/h6-7,12,18-19,21,26H,3-5,8-11,15-17,42H2,1-2H3/t18-,19-,21+,26-/m0/s1. The molecule has 2 aromatic heterocycles. The zero-order valence-electron chi connectivity index (χ0n) is 27.7. The van der Waals surface area contributed by atoms with Gasteiger partial charge < -0.3 is 20.3 Å². The van der Waals surface area contributed by atoms with E-state index < -0.39 is 11.6 Å². The molecule has 1 aliphatic carbocycles. The topological polar surface area (TPSA) is 135 Å². The lowest BCUT2D eigenvalue weighted by atomic mass is 9.73. The fourth-order valence-electron chi connectivity index (χ4n) is 8.39. The van der Waals surface area contributed by atoms with Gasteiger partial charge in [0.15, 0.2) is 5.82 Å². The van der Waals surface area contributed by atoms with Crippen LogP contribution in [0.2, 0.25) is 5.02 Å². The van der Waals surface area contributed by atoms with Crippen LogP contribution in [0.1, 0.15) is 44.6 Å². The molecule has 0 radical (unpaired) electrons. The summed E-state index contributed by atoms with van der Waals surface area (Å²) in [4.78, 5) is 28.7. The minimum absolute atomic E-state index is 0.00289. The monoisotopic (exact) mass is 716 g/mol. The zero-order valence-corrected chi connectivity index (χ0v) is 29.3. The van der Waals surface area contributed by atoms with Crippen LogP contribution in [0.4, 0.5) is 19.6 Å². The molecule has 0 bridgehead atoms. The highest BCUT2D eigenvalue weighted by Gasteiger charge is 2.53. The van der Waals surface area contributed by atoms with Crippen molar-refractivity contribution < 1.29 is 18.3 Å². The third kappa shape index (κ3) is 5.29. The number of fused-ring (bicyclic) bond motifs is 2. The van der Waals surface area contributed by atoms with Crippen LogP contribution < -0.4 is 15.4 Å². The Bertz CT molecular complexity index is 2160. The molecule has 2 N–H and O–H groups in total. The Balaban J connectivity index is 1.21. The number of carbonyl (C=O) groups is 1. The fourth-order valence-corrected chi connectivity index (χ4v) is 9.64. The molecule has 50 heavy (non-hydrogen) atoms. The van der Waals surface area contributed by atoms with Crippen LogP contribution in [0.5, 0.6) is 6.01 Å². The number of likely N-dealkylation sites (N-methyl/N-ethyl adjacent to an activating group) is 1. The van der Waals surface area contributed by atoms with Gasteiger partial charge >= 0.3 is 6.01 Å². The molecule has 8 rings (SSSR count). The van der Waals surface area contributed by atoms with Crippen LogP contribution in [-0.2, 0) is 4.79 Å². The molecule has 5 heterocycles. The fraction of sp³-hybridized carbons (Fsp3) is 0.472. The van der Waals surface area contributed by atoms with Crippen molar-refractivity contribution in [3.63, 3.8) is 0 Å². The van der Waals surface area contributed by atoms with E-state index in [2.05, 4.69) is 27.9 Å². The van der Waals surface area contributed by atoms with E-state index >= 15 is 4.39 Å². The lowest BCUT2D eigenvalue weighted by molar-refractivity contribution is -0.145. The number of nitrogen functional groups attached to an aromatic ring is 1. The molecule has 14 heteroatoms. The van der Waals surface area contributed by atoms with Gasteiger partial charge in [0, 0.05) is 54.0 Å². The first-order chi connectivity index (χ1) is 24.0. The minimum Gasteiger partial charge on any atom is -0.459 e. The van der Waals surface area contributed by atoms with Gasteiger partial charge in [-0.2, -0.15) is 20.5 Å². The maximum atomic E-state index is 17.1. The lowest BCUT2D eigenvalue weighted by Crippen LogP contribution is -2.64. The second-order valence-corrected chi connectivity index (χ2v) is 15.8. The van der Waals surface area contributed by atoms with Gasteiger partial charge in [0.25, 0.3) is 0 Å². The predicted molar refractivity (Wildman–Crippen MR) is 188 cm³/mol. The van der Waals surface area contributed by atoms with Crippen LogP contribution in [0.15, 0.2) is 18.2 Å². The number of halogens is 3. The maximum Gasteiger partial charge on any atom is 0.319 e. The Morgan fingerprint density at radius 1 is 1.20 bits per heavy atom. The SMILES string of the molecule is C[C@H](Oc1nc(N2CCCC3(CN(C(=O)[C@@H]4C[C@H]4C#N)C3)C2)c2cc(Cl)c(-c3ccc(F)c4sc(N)c(C#N)c34)c(F)c2n1)[C@@H]1CCCN1C. The lowest BCUT2D eigenvalue weighted by Gasteiger charge is -2.55. The number of amides is 1. The summed E-state index contributed by atoms with van der Waals surface area (Å²) in [6.07, 6.45) is 4.14. The summed E-state index contributed by atoms with van der Waals surface area (Å²) in [5.74, 6) is -1.14. The Labute approximate surface area is 297 Å². The summed E-state index contributed by atoms with van der Waals surface area (Å²) >= 11 is 7.84. The van der Waals surface area contributed by atoms with E-state index in [1.807, 2.05) is 17.9 Å². The molecule has 1 saturated carbocycles. The molecule has 4 aliphatic rings. The van der Waals surface area contributed by atoms with Crippen molar-refractivity contribution in [3.8, 4) is 29.3 Å². The first kappa shape index (κ1) is 32.9. The van der Waals surface area contributed by atoms with Crippen molar-refractivity contribution >= 4 is 60.7 Å². The van der Waals surface area contributed by atoms with Gasteiger partial charge in [-0.1, -0.05) is 17.7 Å². The number of nitriles is 2. The molecule has 10 nitrogen and oxygen atoms in total. The quantitative estimate of drug-likeness (QED) is 0.242. The second-order valence-electron chi connectivity index (χ2n) is 14.3. The average molecular weight is 717 g/mol. The third-order valence-electron chi connectivity index (χ3n) is 11.1. The number of anilines is 2. The number of nitrogens with zero attached hydrogens (tertiary/aromatic N) is 7. The number of likely N-dealkylation sites (tertiary alicyclic amines) is 2. The molecule has 2 aromatic carbocycles. The predicted octanol–water partition coefficient (Wildman–Crippen LogP) is 6.35. The number of piperidine rings is 1. The number of benzene rings is 2. The Morgan fingerprint density at radius 2 is 2.00 bits per heavy atom. The summed E-state index contributed by atoms with van der Waals surface area (Å²) < 4.78 is 38.6. The number of aromatic nitrogens is 2. The van der Waals surface area contributed by atoms with E-state index in [-0.39, 0.29) is 83.6 Å². The van der Waals surface area contributed by atoms with Crippen molar-refractivity contribution in [1.29, 1.82) is 10.5 Å². The highest BCUT2D eigenvalue weighted by atomic mass is 35.5. The average Bonchev–Trinajstić information content (AvgIpc) is 3.62. The second kappa shape index (κ2) is 12.2. The summed E-state index contributed by atoms with van der Waals surface area (Å²) in [5, 5.41) is 19.9. The molecule has 4 aromatic rings. The number of hydrogen-bond acceptors (Lipinski definition) is 10. The van der Waals surface area contributed by atoms with E-state index in [9.17, 15) is 19.7 Å². The molecular weight excluding hydrogens is 682 g/mol. The Hall–Kier alpha value is -4.30. The summed E-state index contributed by atoms with van der Waals surface area (Å²) in [7, 11) is 2.05. The highest BCUT2D eigenvalue weighted by Crippen LogP contribution is 2.48. The van der Waals surface area contributed by atoms with Crippen molar-refractivity contribution in [3.05, 3.63) is 40.4 Å². The molecule has 1 spiro atoms. The van der Waals surface area contributed by atoms with Crippen LogP contribution in [0, 0.1) is 51.5 Å². The molecule has 258 valence electrons. The van der Waals surface area contributed by atoms with E-state index in [1.54, 1.807) is 6.07 Å². The Kier molecular flexibility index (Phi) is 8.01. The van der Waals surface area contributed by atoms with Gasteiger partial charge in [-0.15, -0.1) is 11.3 Å². The van der Waals surface area contributed by atoms with Crippen molar-refractivity contribution in [2.75, 3.05) is 50.4 Å². The van der Waals surface area contributed by atoms with Crippen LogP contribution in [-0.4, -0.2) is 77.6 Å². The molecule has 4 atom stereocenters. The number of ether oxygens (including phenoxy) is 1. The van der Waals surface area contributed by atoms with E-state index in [1.165, 1.54) is 12.1 Å². The zero-order chi connectivity index (χ0) is 35.1. The molecular formula is C36H35ClF2N8O2S. The maximum absolute atomic E-state index is 17.1. The van der Waals surface area contributed by atoms with Gasteiger partial charge in [-0.3, -0.25) is 9.69 Å². The number of carbonyl (C=O) groups excluding carboxylic acids is 1. The Morgan fingerprint density at radius 3 is 2.70 bits per heavy atom. The van der Waals surface area contributed by atoms with E-state index in [4.69, 9.17) is 27.1 Å². The van der Waals surface area contributed by atoms with Crippen LogP contribution >= 0.6 is 22.9 Å². The van der Waals surface area contributed by atoms with Crippen LogP contribution in [0.3, 0.4) is 0 Å². The number of thiophene rings is 1. The summed E-state index contributed by atoms with van der Waals surface area (Å²) in [6, 6.07) is 8.70. The smallest absolute Gasteiger partial charge is 0.319 e. The third-order valence-corrected chi connectivity index (χ3v) is 12.4. The summed E-state index contributed by atoms with van der Waals surface area (Å²) in [6.45, 7) is 5.36.